The van der Waals surface area contributed by atoms with Gasteiger partial charge < -0.3 is 19.1 Å². The van der Waals surface area contributed by atoms with Gasteiger partial charge in [0.05, 0.1) is 30.0 Å². The minimum atomic E-state index is -4.83. The van der Waals surface area contributed by atoms with Crippen molar-refractivity contribution in [3.05, 3.63) is 65.5 Å². The molecule has 0 spiro atoms. The highest BCUT2D eigenvalue weighted by Crippen LogP contribution is 2.51. The van der Waals surface area contributed by atoms with Gasteiger partial charge in [-0.3, -0.25) is 4.98 Å². The number of hydrogen-bond donors (Lipinski definition) is 1. The van der Waals surface area contributed by atoms with Crippen molar-refractivity contribution < 1.29 is 37.1 Å². The van der Waals surface area contributed by atoms with E-state index < -0.39 is 12.3 Å². The Balaban J connectivity index is 1.06. The second-order valence-corrected chi connectivity index (χ2v) is 12.7. The molecule has 2 aromatic carbocycles. The molecule has 12 heteroatoms. The van der Waals surface area contributed by atoms with E-state index in [0.717, 1.165) is 43.6 Å². The van der Waals surface area contributed by atoms with E-state index >= 15 is 0 Å². The van der Waals surface area contributed by atoms with Crippen molar-refractivity contribution in [2.45, 2.75) is 73.8 Å². The van der Waals surface area contributed by atoms with Gasteiger partial charge in [0.15, 0.2) is 0 Å². The molecular weight excluding hydrogens is 583 g/mol. The monoisotopic (exact) mass is 611 g/mol. The fraction of sp³-hybridized carbons (Fsp3) is 0.419. The number of alkyl halides is 3. The van der Waals surface area contributed by atoms with Gasteiger partial charge in [-0.25, -0.2) is 9.78 Å². The summed E-state index contributed by atoms with van der Waals surface area (Å²) in [6, 6.07) is 11.0. The molecule has 0 amide bonds. The van der Waals surface area contributed by atoms with Crippen LogP contribution in [0.3, 0.4) is 0 Å². The first-order valence-electron chi connectivity index (χ1n) is 14.3. The van der Waals surface area contributed by atoms with E-state index in [-0.39, 0.29) is 35.5 Å². The third kappa shape index (κ3) is 5.82. The zero-order chi connectivity index (χ0) is 29.7. The van der Waals surface area contributed by atoms with Crippen LogP contribution in [-0.2, 0) is 11.3 Å². The summed E-state index contributed by atoms with van der Waals surface area (Å²) in [6.45, 7) is 0.203. The van der Waals surface area contributed by atoms with Gasteiger partial charge in [0.2, 0.25) is 0 Å². The van der Waals surface area contributed by atoms with Crippen molar-refractivity contribution in [3.8, 4) is 17.0 Å². The summed E-state index contributed by atoms with van der Waals surface area (Å²) in [7, 11) is 0. The Morgan fingerprint density at radius 3 is 2.53 bits per heavy atom. The van der Waals surface area contributed by atoms with Crippen LogP contribution in [0.4, 0.5) is 13.2 Å². The number of fused-ring (bicyclic) bond motifs is 3. The van der Waals surface area contributed by atoms with E-state index in [1.54, 1.807) is 42.2 Å². The van der Waals surface area contributed by atoms with Crippen LogP contribution in [0.25, 0.3) is 22.3 Å². The minimum Gasteiger partial charge on any atom is -0.478 e. The maximum Gasteiger partial charge on any atom is 0.573 e. The zero-order valence-electron chi connectivity index (χ0n) is 22.9. The van der Waals surface area contributed by atoms with Gasteiger partial charge in [0.1, 0.15) is 27.7 Å². The number of aromatic carboxylic acids is 1. The number of thioether (sulfide) groups is 1. The highest BCUT2D eigenvalue weighted by Gasteiger charge is 2.44. The lowest BCUT2D eigenvalue weighted by atomic mass is 9.86. The number of carboxylic acid groups (broad SMARTS) is 1. The molecule has 2 bridgehead atoms. The fourth-order valence-corrected chi connectivity index (χ4v) is 7.98. The fourth-order valence-electron chi connectivity index (χ4n) is 6.56. The van der Waals surface area contributed by atoms with Gasteiger partial charge in [0.25, 0.3) is 0 Å². The molecule has 4 aromatic rings. The smallest absolute Gasteiger partial charge is 0.478 e. The van der Waals surface area contributed by atoms with Crippen LogP contribution in [-0.4, -0.2) is 43.9 Å². The molecule has 1 N–H and O–H groups in total. The Kier molecular flexibility index (Phi) is 7.29. The molecule has 0 saturated heterocycles. The first-order valence-corrected chi connectivity index (χ1v) is 15.2. The molecule has 0 aliphatic heterocycles. The Bertz CT molecular complexity index is 1660. The Labute approximate surface area is 249 Å². The predicted molar refractivity (Wildman–Crippen MR) is 151 cm³/mol. The molecule has 7 rings (SSSR count). The lowest BCUT2D eigenvalue weighted by Gasteiger charge is -2.34. The third-order valence-corrected chi connectivity index (χ3v) is 10.1. The first kappa shape index (κ1) is 28.1. The second kappa shape index (κ2) is 11.1. The number of benzene rings is 2. The largest absolute Gasteiger partial charge is 0.573 e. The SMILES string of the molecule is O=C(O)c1cccc2nc(S[C@@H]3[C@@H]4CC[C@H]3C[C@@H](OCc3c(-c5ccccc5OC(F)(F)F)noc3C3CC3)C4)cnc12. The van der Waals surface area contributed by atoms with E-state index in [9.17, 15) is 23.1 Å². The molecule has 2 heterocycles. The summed E-state index contributed by atoms with van der Waals surface area (Å²) in [5, 5.41) is 14.8. The van der Waals surface area contributed by atoms with Gasteiger partial charge in [-0.15, -0.1) is 24.9 Å². The number of hydrogen-bond acceptors (Lipinski definition) is 8. The number of ether oxygens (including phenoxy) is 2. The quantitative estimate of drug-likeness (QED) is 0.204. The van der Waals surface area contributed by atoms with Gasteiger partial charge >= 0.3 is 12.3 Å². The Hall–Kier alpha value is -3.64. The number of para-hydroxylation sites is 2. The van der Waals surface area contributed by atoms with Crippen LogP contribution in [0.5, 0.6) is 5.75 Å². The number of rotatable bonds is 9. The van der Waals surface area contributed by atoms with Gasteiger partial charge in [-0.1, -0.05) is 23.4 Å². The maximum atomic E-state index is 13.1. The van der Waals surface area contributed by atoms with Crippen molar-refractivity contribution in [2.24, 2.45) is 11.8 Å². The Morgan fingerprint density at radius 1 is 1.05 bits per heavy atom. The minimum absolute atomic E-state index is 0.00614. The molecule has 43 heavy (non-hydrogen) atoms. The second-order valence-electron chi connectivity index (χ2n) is 11.5. The molecular formula is C31H28F3N3O5S. The van der Waals surface area contributed by atoms with E-state index in [1.165, 1.54) is 18.2 Å². The molecule has 0 radical (unpaired) electrons. The van der Waals surface area contributed by atoms with Crippen molar-refractivity contribution in [2.75, 3.05) is 0 Å². The van der Waals surface area contributed by atoms with Gasteiger partial charge in [-0.05, 0) is 74.6 Å². The molecule has 4 atom stereocenters. The van der Waals surface area contributed by atoms with Crippen LogP contribution >= 0.6 is 11.8 Å². The van der Waals surface area contributed by atoms with E-state index in [1.807, 2.05) is 0 Å². The normalized spacial score (nSPS) is 23.5. The molecule has 3 aliphatic rings. The lowest BCUT2D eigenvalue weighted by Crippen LogP contribution is -2.32. The molecule has 3 saturated carbocycles. The summed E-state index contributed by atoms with van der Waals surface area (Å²) in [5.74, 6) is 0.375. The Morgan fingerprint density at radius 2 is 1.81 bits per heavy atom. The topological polar surface area (TPSA) is 108 Å². The van der Waals surface area contributed by atoms with E-state index in [0.29, 0.717) is 45.1 Å². The van der Waals surface area contributed by atoms with Crippen LogP contribution in [0, 0.1) is 11.8 Å². The van der Waals surface area contributed by atoms with E-state index in [4.69, 9.17) is 14.2 Å². The first-order chi connectivity index (χ1) is 20.7. The summed E-state index contributed by atoms with van der Waals surface area (Å²) in [4.78, 5) is 20.7. The maximum absolute atomic E-state index is 13.1. The molecule has 2 aromatic heterocycles. The van der Waals surface area contributed by atoms with E-state index in [2.05, 4.69) is 14.9 Å². The molecule has 8 nitrogen and oxygen atoms in total. The summed E-state index contributed by atoms with van der Waals surface area (Å²) < 4.78 is 55.8. The summed E-state index contributed by atoms with van der Waals surface area (Å²) in [5.41, 5.74) is 2.32. The number of nitrogens with zero attached hydrogens (tertiary/aromatic N) is 3. The van der Waals surface area contributed by atoms with Crippen molar-refractivity contribution >= 4 is 28.8 Å². The van der Waals surface area contributed by atoms with Crippen molar-refractivity contribution in [1.82, 2.24) is 15.1 Å². The summed E-state index contributed by atoms with van der Waals surface area (Å²) in [6.07, 6.45) is 2.64. The molecule has 3 fully saturated rings. The molecule has 3 aliphatic carbocycles. The average Bonchev–Trinajstić information content (AvgIpc) is 3.69. The predicted octanol–water partition coefficient (Wildman–Crippen LogP) is 7.63. The number of halogens is 3. The lowest BCUT2D eigenvalue weighted by molar-refractivity contribution is -0.274. The third-order valence-electron chi connectivity index (χ3n) is 8.60. The van der Waals surface area contributed by atoms with Crippen LogP contribution in [0.1, 0.15) is 66.1 Å². The van der Waals surface area contributed by atoms with Gasteiger partial charge in [-0.2, -0.15) is 0 Å². The number of aromatic nitrogens is 3. The summed E-state index contributed by atoms with van der Waals surface area (Å²) >= 11 is 1.70. The van der Waals surface area contributed by atoms with Gasteiger partial charge in [0, 0.05) is 22.3 Å². The van der Waals surface area contributed by atoms with Crippen molar-refractivity contribution in [3.63, 3.8) is 0 Å². The molecule has 224 valence electrons. The van der Waals surface area contributed by atoms with Crippen LogP contribution in [0.15, 0.2) is 58.2 Å². The zero-order valence-corrected chi connectivity index (χ0v) is 23.7. The standard InChI is InChI=1S/C31H28F3N3O5S/c32-31(33,34)41-24-7-2-1-4-20(24)26-22(28(42-37-26)16-8-9-16)15-40-19-12-17-10-11-18(13-19)29(17)43-25-14-35-27-21(30(38)39)5-3-6-23(27)36-25/h1-7,14,16-19,29H,8-13,15H2,(H,38,39)/t17-,18+,19+,29-. The highest BCUT2D eigenvalue weighted by molar-refractivity contribution is 7.99. The number of carbonyl (C=O) groups is 1. The number of carboxylic acids is 1. The van der Waals surface area contributed by atoms with Crippen LogP contribution < -0.4 is 4.74 Å². The highest BCUT2D eigenvalue weighted by atomic mass is 32.2. The van der Waals surface area contributed by atoms with Crippen LogP contribution in [0.2, 0.25) is 0 Å². The van der Waals surface area contributed by atoms with Crippen molar-refractivity contribution in [1.29, 1.82) is 0 Å². The molecule has 0 unspecified atom stereocenters. The average molecular weight is 612 g/mol.